The second-order valence-corrected chi connectivity index (χ2v) is 6.44. The molecule has 1 atom stereocenters. The van der Waals surface area contributed by atoms with E-state index in [0.29, 0.717) is 0 Å². The van der Waals surface area contributed by atoms with E-state index in [1.807, 2.05) is 6.20 Å². The van der Waals surface area contributed by atoms with Gasteiger partial charge in [0.1, 0.15) is 5.82 Å². The van der Waals surface area contributed by atoms with Gasteiger partial charge in [0.25, 0.3) is 0 Å². The van der Waals surface area contributed by atoms with Gasteiger partial charge in [0, 0.05) is 19.1 Å². The number of pyridine rings is 1. The first kappa shape index (κ1) is 15.9. The van der Waals surface area contributed by atoms with Gasteiger partial charge in [-0.1, -0.05) is 42.5 Å². The van der Waals surface area contributed by atoms with Crippen LogP contribution in [0.1, 0.15) is 18.5 Å². The van der Waals surface area contributed by atoms with Gasteiger partial charge in [0.05, 0.1) is 25.1 Å². The average molecular weight is 333 g/mol. The lowest BCUT2D eigenvalue weighted by molar-refractivity contribution is 0.122. The molecule has 0 amide bonds. The maximum atomic E-state index is 5.40. The second kappa shape index (κ2) is 7.11. The lowest BCUT2D eigenvalue weighted by Crippen LogP contribution is -2.36. The predicted molar refractivity (Wildman–Crippen MR) is 103 cm³/mol. The first-order valence-corrected chi connectivity index (χ1v) is 8.84. The molecule has 0 radical (unpaired) electrons. The Morgan fingerprint density at radius 2 is 1.80 bits per heavy atom. The highest BCUT2D eigenvalue weighted by Crippen LogP contribution is 2.27. The molecule has 4 rings (SSSR count). The summed E-state index contributed by atoms with van der Waals surface area (Å²) in [6.07, 6.45) is 1.92. The minimum atomic E-state index is 0.210. The third-order valence-corrected chi connectivity index (χ3v) is 4.76. The summed E-state index contributed by atoms with van der Waals surface area (Å²) in [5.41, 5.74) is 2.34. The van der Waals surface area contributed by atoms with Crippen molar-refractivity contribution in [1.29, 1.82) is 0 Å². The first-order chi connectivity index (χ1) is 12.3. The van der Waals surface area contributed by atoms with Crippen LogP contribution < -0.4 is 10.2 Å². The SMILES string of the molecule is CC(Nc1ccc(N2CCOCC2)nc1)c1cccc2ccccc12. The highest BCUT2D eigenvalue weighted by molar-refractivity contribution is 5.86. The summed E-state index contributed by atoms with van der Waals surface area (Å²) in [5, 5.41) is 6.14. The van der Waals surface area contributed by atoms with Crippen LogP contribution in [0.5, 0.6) is 0 Å². The molecule has 2 aromatic carbocycles. The highest BCUT2D eigenvalue weighted by Gasteiger charge is 2.13. The van der Waals surface area contributed by atoms with Crippen molar-refractivity contribution in [2.75, 3.05) is 36.5 Å². The maximum absolute atomic E-state index is 5.40. The Morgan fingerprint density at radius 3 is 2.60 bits per heavy atom. The van der Waals surface area contributed by atoms with Crippen molar-refractivity contribution in [3.63, 3.8) is 0 Å². The number of fused-ring (bicyclic) bond motifs is 1. The second-order valence-electron chi connectivity index (χ2n) is 6.44. The monoisotopic (exact) mass is 333 g/mol. The summed E-state index contributed by atoms with van der Waals surface area (Å²) >= 11 is 0. The van der Waals surface area contributed by atoms with Gasteiger partial charge < -0.3 is 15.0 Å². The Balaban J connectivity index is 1.51. The fourth-order valence-corrected chi connectivity index (χ4v) is 3.41. The molecule has 0 spiro atoms. The van der Waals surface area contributed by atoms with Crippen molar-refractivity contribution in [2.24, 2.45) is 0 Å². The number of anilines is 2. The number of rotatable bonds is 4. The van der Waals surface area contributed by atoms with Crippen LogP contribution in [-0.4, -0.2) is 31.3 Å². The molecule has 3 aromatic rings. The van der Waals surface area contributed by atoms with E-state index < -0.39 is 0 Å². The van der Waals surface area contributed by atoms with Crippen LogP contribution in [0.4, 0.5) is 11.5 Å². The van der Waals surface area contributed by atoms with Crippen molar-refractivity contribution >= 4 is 22.3 Å². The van der Waals surface area contributed by atoms with Gasteiger partial charge >= 0.3 is 0 Å². The standard InChI is InChI=1S/C21H23N3O/c1-16(19-8-4-6-17-5-2-3-7-20(17)19)23-18-9-10-21(22-15-18)24-11-13-25-14-12-24/h2-10,15-16,23H,11-14H2,1H3. The van der Waals surface area contributed by atoms with Crippen LogP contribution in [-0.2, 0) is 4.74 Å². The largest absolute Gasteiger partial charge is 0.378 e. The number of morpholine rings is 1. The quantitative estimate of drug-likeness (QED) is 0.775. The van der Waals surface area contributed by atoms with Gasteiger partial charge in [0.2, 0.25) is 0 Å². The van der Waals surface area contributed by atoms with Gasteiger partial charge in [0.15, 0.2) is 0 Å². The predicted octanol–water partition coefficient (Wildman–Crippen LogP) is 4.24. The highest BCUT2D eigenvalue weighted by atomic mass is 16.5. The van der Waals surface area contributed by atoms with Gasteiger partial charge in [-0.2, -0.15) is 0 Å². The van der Waals surface area contributed by atoms with Crippen molar-refractivity contribution in [1.82, 2.24) is 4.98 Å². The van der Waals surface area contributed by atoms with E-state index in [9.17, 15) is 0 Å². The van der Waals surface area contributed by atoms with Crippen LogP contribution in [0.15, 0.2) is 60.8 Å². The van der Waals surface area contributed by atoms with Crippen LogP contribution in [0.3, 0.4) is 0 Å². The molecule has 25 heavy (non-hydrogen) atoms. The smallest absolute Gasteiger partial charge is 0.128 e. The maximum Gasteiger partial charge on any atom is 0.128 e. The Hall–Kier alpha value is -2.59. The number of hydrogen-bond donors (Lipinski definition) is 1. The summed E-state index contributed by atoms with van der Waals surface area (Å²) in [6, 6.07) is 19.4. The van der Waals surface area contributed by atoms with Crippen LogP contribution in [0, 0.1) is 0 Å². The third-order valence-electron chi connectivity index (χ3n) is 4.76. The number of benzene rings is 2. The molecule has 0 saturated carbocycles. The Bertz CT molecular complexity index is 836. The number of hydrogen-bond acceptors (Lipinski definition) is 4. The Kier molecular flexibility index (Phi) is 4.53. The van der Waals surface area contributed by atoms with Crippen LogP contribution in [0.25, 0.3) is 10.8 Å². The molecule has 4 heteroatoms. The van der Waals surface area contributed by atoms with Crippen molar-refractivity contribution in [2.45, 2.75) is 13.0 Å². The molecule has 0 aliphatic carbocycles. The molecule has 1 N–H and O–H groups in total. The zero-order valence-electron chi connectivity index (χ0n) is 14.5. The topological polar surface area (TPSA) is 37.4 Å². The summed E-state index contributed by atoms with van der Waals surface area (Å²) in [6.45, 7) is 5.57. The number of ether oxygens (including phenoxy) is 1. The van der Waals surface area contributed by atoms with Crippen LogP contribution >= 0.6 is 0 Å². The van der Waals surface area contributed by atoms with Crippen molar-refractivity contribution < 1.29 is 4.74 Å². The molecule has 1 fully saturated rings. The lowest BCUT2D eigenvalue weighted by Gasteiger charge is -2.28. The molecule has 4 nitrogen and oxygen atoms in total. The fourth-order valence-electron chi connectivity index (χ4n) is 3.41. The van der Waals surface area contributed by atoms with Gasteiger partial charge in [-0.3, -0.25) is 0 Å². The van der Waals surface area contributed by atoms with Gasteiger partial charge in [-0.25, -0.2) is 4.98 Å². The number of nitrogens with one attached hydrogen (secondary N) is 1. The molecule has 128 valence electrons. The van der Waals surface area contributed by atoms with E-state index in [1.54, 1.807) is 0 Å². The minimum absolute atomic E-state index is 0.210. The van der Waals surface area contributed by atoms with E-state index in [4.69, 9.17) is 4.74 Å². The summed E-state index contributed by atoms with van der Waals surface area (Å²) < 4.78 is 5.40. The van der Waals surface area contributed by atoms with Gasteiger partial charge in [-0.05, 0) is 35.4 Å². The number of aromatic nitrogens is 1. The first-order valence-electron chi connectivity index (χ1n) is 8.84. The zero-order chi connectivity index (χ0) is 17.1. The molecule has 0 bridgehead atoms. The summed E-state index contributed by atoms with van der Waals surface area (Å²) in [4.78, 5) is 6.88. The Labute approximate surface area is 148 Å². The Morgan fingerprint density at radius 1 is 1.00 bits per heavy atom. The van der Waals surface area contributed by atoms with Crippen molar-refractivity contribution in [3.8, 4) is 0 Å². The van der Waals surface area contributed by atoms with E-state index in [-0.39, 0.29) is 6.04 Å². The molecule has 1 aromatic heterocycles. The minimum Gasteiger partial charge on any atom is -0.378 e. The van der Waals surface area contributed by atoms with E-state index >= 15 is 0 Å². The van der Waals surface area contributed by atoms with Crippen LogP contribution in [0.2, 0.25) is 0 Å². The van der Waals surface area contributed by atoms with Crippen molar-refractivity contribution in [3.05, 3.63) is 66.4 Å². The lowest BCUT2D eigenvalue weighted by atomic mass is 9.99. The molecule has 1 aliphatic rings. The molecule has 1 unspecified atom stereocenters. The molecule has 2 heterocycles. The summed E-state index contributed by atoms with van der Waals surface area (Å²) in [5.74, 6) is 1.02. The third kappa shape index (κ3) is 3.44. The molecular formula is C21H23N3O. The number of nitrogens with zero attached hydrogens (tertiary/aromatic N) is 2. The van der Waals surface area contributed by atoms with E-state index in [0.717, 1.165) is 37.8 Å². The molecule has 1 aliphatic heterocycles. The normalized spacial score (nSPS) is 16.0. The average Bonchev–Trinajstić information content (AvgIpc) is 2.69. The summed E-state index contributed by atoms with van der Waals surface area (Å²) in [7, 11) is 0. The van der Waals surface area contributed by atoms with E-state index in [1.165, 1.54) is 16.3 Å². The molecular weight excluding hydrogens is 310 g/mol. The molecule has 1 saturated heterocycles. The van der Waals surface area contributed by atoms with E-state index in [2.05, 4.69) is 76.7 Å². The fraction of sp³-hybridized carbons (Fsp3) is 0.286. The zero-order valence-corrected chi connectivity index (χ0v) is 14.5. The van der Waals surface area contributed by atoms with Gasteiger partial charge in [-0.15, -0.1) is 0 Å².